The first-order valence-electron chi connectivity index (χ1n) is 4.14. The predicted molar refractivity (Wildman–Crippen MR) is 42.5 cm³/mol. The summed E-state index contributed by atoms with van der Waals surface area (Å²) in [7, 11) is 0. The van der Waals surface area contributed by atoms with Crippen molar-refractivity contribution in [1.82, 2.24) is 5.16 Å². The van der Waals surface area contributed by atoms with Crippen LogP contribution in [0.4, 0.5) is 0 Å². The number of rotatable bonds is 0. The highest BCUT2D eigenvalue weighted by Gasteiger charge is 2.30. The second-order valence-corrected chi connectivity index (χ2v) is 3.93. The molecule has 1 heterocycles. The maximum Gasteiger partial charge on any atom is 0.127 e. The Hall–Kier alpha value is -0.790. The number of aryl methyl sites for hydroxylation is 1. The molecule has 1 aliphatic carbocycles. The predicted octanol–water partition coefficient (Wildman–Crippen LogP) is 2.29. The van der Waals surface area contributed by atoms with Gasteiger partial charge in [-0.1, -0.05) is 19.0 Å². The van der Waals surface area contributed by atoms with Gasteiger partial charge in [0.05, 0.1) is 5.69 Å². The summed E-state index contributed by atoms with van der Waals surface area (Å²) in [5.74, 6) is 0. The highest BCUT2D eigenvalue weighted by Crippen LogP contribution is 2.35. The maximum atomic E-state index is 4.95. The van der Waals surface area contributed by atoms with Gasteiger partial charge in [-0.25, -0.2) is 0 Å². The summed E-state index contributed by atoms with van der Waals surface area (Å²) >= 11 is 0. The Morgan fingerprint density at radius 2 is 2.36 bits per heavy atom. The van der Waals surface area contributed by atoms with Gasteiger partial charge < -0.3 is 4.52 Å². The zero-order valence-corrected chi connectivity index (χ0v) is 7.05. The number of hydrogen-bond donors (Lipinski definition) is 0. The van der Waals surface area contributed by atoms with E-state index in [1.165, 1.54) is 24.1 Å². The minimum Gasteiger partial charge on any atom is -0.364 e. The fourth-order valence-corrected chi connectivity index (χ4v) is 1.83. The van der Waals surface area contributed by atoms with Gasteiger partial charge in [0, 0.05) is 11.0 Å². The Kier molecular flexibility index (Phi) is 1.31. The van der Waals surface area contributed by atoms with Gasteiger partial charge in [-0.3, -0.25) is 0 Å². The quantitative estimate of drug-likeness (QED) is 0.568. The molecule has 2 heteroatoms. The highest BCUT2D eigenvalue weighted by molar-refractivity contribution is 5.25. The molecule has 0 saturated carbocycles. The van der Waals surface area contributed by atoms with Crippen molar-refractivity contribution in [1.29, 1.82) is 0 Å². The first-order valence-corrected chi connectivity index (χ1v) is 4.14. The van der Waals surface area contributed by atoms with Crippen molar-refractivity contribution in [3.8, 4) is 0 Å². The molecule has 0 amide bonds. The van der Waals surface area contributed by atoms with Gasteiger partial charge in [-0.2, -0.15) is 0 Å². The van der Waals surface area contributed by atoms with E-state index >= 15 is 0 Å². The summed E-state index contributed by atoms with van der Waals surface area (Å²) in [6.45, 7) is 4.46. The molecule has 0 N–H and O–H groups in total. The van der Waals surface area contributed by atoms with Crippen LogP contribution in [0.25, 0.3) is 0 Å². The van der Waals surface area contributed by atoms with Crippen LogP contribution in [0.1, 0.15) is 37.9 Å². The first-order chi connectivity index (χ1) is 5.20. The molecule has 0 fully saturated rings. The van der Waals surface area contributed by atoms with Gasteiger partial charge in [-0.15, -0.1) is 0 Å². The van der Waals surface area contributed by atoms with Crippen LogP contribution in [-0.2, 0) is 11.8 Å². The Balaban J connectivity index is 2.48. The lowest BCUT2D eigenvalue weighted by atomic mass is 9.77. The van der Waals surface area contributed by atoms with Crippen molar-refractivity contribution in [3.05, 3.63) is 17.5 Å². The molecular weight excluding hydrogens is 138 g/mol. The number of nitrogens with zero attached hydrogens (tertiary/aromatic N) is 1. The van der Waals surface area contributed by atoms with E-state index < -0.39 is 0 Å². The van der Waals surface area contributed by atoms with Crippen LogP contribution in [0.2, 0.25) is 0 Å². The monoisotopic (exact) mass is 151 g/mol. The fourth-order valence-electron chi connectivity index (χ4n) is 1.83. The first kappa shape index (κ1) is 6.89. The van der Waals surface area contributed by atoms with Crippen LogP contribution in [0, 0.1) is 0 Å². The number of fused-ring (bicyclic) bond motifs is 1. The molecule has 0 saturated heterocycles. The molecule has 2 rings (SSSR count). The summed E-state index contributed by atoms with van der Waals surface area (Å²) in [6.07, 6.45) is 5.42. The van der Waals surface area contributed by atoms with E-state index in [-0.39, 0.29) is 5.41 Å². The van der Waals surface area contributed by atoms with E-state index in [4.69, 9.17) is 4.52 Å². The second kappa shape index (κ2) is 2.10. The normalized spacial score (nSPS) is 21.3. The molecule has 0 unspecified atom stereocenters. The Morgan fingerprint density at radius 1 is 1.55 bits per heavy atom. The Morgan fingerprint density at radius 3 is 3.09 bits per heavy atom. The van der Waals surface area contributed by atoms with Crippen LogP contribution in [0.15, 0.2) is 10.8 Å². The Bertz CT molecular complexity index is 262. The summed E-state index contributed by atoms with van der Waals surface area (Å²) in [5, 5.41) is 4.03. The van der Waals surface area contributed by atoms with Crippen molar-refractivity contribution in [2.45, 2.75) is 38.5 Å². The zero-order chi connectivity index (χ0) is 7.90. The van der Waals surface area contributed by atoms with Gasteiger partial charge in [0.25, 0.3) is 0 Å². The number of hydrogen-bond acceptors (Lipinski definition) is 2. The molecule has 0 bridgehead atoms. The largest absolute Gasteiger partial charge is 0.364 e. The average Bonchev–Trinajstić information content (AvgIpc) is 2.34. The third-order valence-corrected chi connectivity index (χ3v) is 2.53. The van der Waals surface area contributed by atoms with Gasteiger partial charge >= 0.3 is 0 Å². The second-order valence-electron chi connectivity index (χ2n) is 3.93. The van der Waals surface area contributed by atoms with Gasteiger partial charge in [0.15, 0.2) is 0 Å². The number of aromatic nitrogens is 1. The molecule has 1 aromatic rings. The molecule has 0 aromatic carbocycles. The average molecular weight is 151 g/mol. The summed E-state index contributed by atoms with van der Waals surface area (Å²) in [5.41, 5.74) is 2.71. The van der Waals surface area contributed by atoms with Gasteiger partial charge in [-0.05, 0) is 19.3 Å². The van der Waals surface area contributed by atoms with Gasteiger partial charge in [0.1, 0.15) is 6.26 Å². The standard InChI is InChI=1S/C9H13NO/c1-9(2)5-3-4-7-6-11-10-8(7)9/h6H,3-5H2,1-2H3. The van der Waals surface area contributed by atoms with Crippen LogP contribution in [-0.4, -0.2) is 5.16 Å². The topological polar surface area (TPSA) is 26.0 Å². The van der Waals surface area contributed by atoms with Crippen molar-refractivity contribution in [2.24, 2.45) is 0 Å². The molecule has 60 valence electrons. The lowest BCUT2D eigenvalue weighted by Gasteiger charge is -2.26. The van der Waals surface area contributed by atoms with Crippen molar-refractivity contribution < 1.29 is 4.52 Å². The smallest absolute Gasteiger partial charge is 0.127 e. The van der Waals surface area contributed by atoms with E-state index in [9.17, 15) is 0 Å². The molecule has 1 aliphatic rings. The zero-order valence-electron chi connectivity index (χ0n) is 7.05. The van der Waals surface area contributed by atoms with Crippen LogP contribution in [0.5, 0.6) is 0 Å². The molecule has 0 aliphatic heterocycles. The van der Waals surface area contributed by atoms with Gasteiger partial charge in [0.2, 0.25) is 0 Å². The summed E-state index contributed by atoms with van der Waals surface area (Å²) < 4.78 is 4.95. The minimum atomic E-state index is 0.237. The van der Waals surface area contributed by atoms with E-state index in [2.05, 4.69) is 19.0 Å². The summed E-state index contributed by atoms with van der Waals surface area (Å²) in [4.78, 5) is 0. The van der Waals surface area contributed by atoms with E-state index in [0.29, 0.717) is 0 Å². The van der Waals surface area contributed by atoms with E-state index in [1.807, 2.05) is 0 Å². The molecule has 2 nitrogen and oxygen atoms in total. The lowest BCUT2D eigenvalue weighted by molar-refractivity contribution is 0.368. The third kappa shape index (κ3) is 0.971. The highest BCUT2D eigenvalue weighted by atomic mass is 16.5. The lowest BCUT2D eigenvalue weighted by Crippen LogP contribution is -2.23. The molecule has 0 radical (unpaired) electrons. The molecule has 0 atom stereocenters. The molecular formula is C9H13NO. The molecule has 1 aromatic heterocycles. The van der Waals surface area contributed by atoms with Crippen LogP contribution < -0.4 is 0 Å². The molecule has 0 spiro atoms. The Labute approximate surface area is 66.6 Å². The fraction of sp³-hybridized carbons (Fsp3) is 0.667. The van der Waals surface area contributed by atoms with Crippen LogP contribution >= 0.6 is 0 Å². The summed E-state index contributed by atoms with van der Waals surface area (Å²) in [6, 6.07) is 0. The van der Waals surface area contributed by atoms with E-state index in [0.717, 1.165) is 6.42 Å². The van der Waals surface area contributed by atoms with Crippen molar-refractivity contribution in [3.63, 3.8) is 0 Å². The third-order valence-electron chi connectivity index (χ3n) is 2.53. The minimum absolute atomic E-state index is 0.237. The van der Waals surface area contributed by atoms with E-state index in [1.54, 1.807) is 6.26 Å². The maximum absolute atomic E-state index is 4.95. The van der Waals surface area contributed by atoms with Crippen molar-refractivity contribution >= 4 is 0 Å². The van der Waals surface area contributed by atoms with Crippen LogP contribution in [0.3, 0.4) is 0 Å². The SMILES string of the molecule is CC1(C)CCCc2conc21. The molecule has 11 heavy (non-hydrogen) atoms. The van der Waals surface area contributed by atoms with Crippen molar-refractivity contribution in [2.75, 3.05) is 0 Å².